The topological polar surface area (TPSA) is 49.4 Å². The van der Waals surface area contributed by atoms with E-state index in [2.05, 4.69) is 5.32 Å². The Kier molecular flexibility index (Phi) is 6.44. The quantitative estimate of drug-likeness (QED) is 0.883. The average Bonchev–Trinajstić information content (AvgIpc) is 2.42. The highest BCUT2D eigenvalue weighted by atomic mass is 35.5. The van der Waals surface area contributed by atoms with Gasteiger partial charge in [0, 0.05) is 25.9 Å². The van der Waals surface area contributed by atoms with Gasteiger partial charge >= 0.3 is 6.18 Å². The molecule has 0 saturated heterocycles. The molecule has 23 heavy (non-hydrogen) atoms. The lowest BCUT2D eigenvalue weighted by Gasteiger charge is -2.24. The van der Waals surface area contributed by atoms with Crippen molar-refractivity contribution >= 4 is 29.1 Å². The second kappa shape index (κ2) is 7.68. The average molecular weight is 351 g/mol. The second-order valence-electron chi connectivity index (χ2n) is 5.28. The van der Waals surface area contributed by atoms with E-state index in [1.165, 1.54) is 6.92 Å². The number of hydrogen-bond donors (Lipinski definition) is 1. The van der Waals surface area contributed by atoms with Crippen molar-refractivity contribution in [2.45, 2.75) is 26.9 Å². The maximum absolute atomic E-state index is 12.8. The predicted octanol–water partition coefficient (Wildman–Crippen LogP) is 3.48. The molecule has 0 fully saturated rings. The molecule has 0 atom stereocenters. The van der Waals surface area contributed by atoms with Crippen LogP contribution in [0.2, 0.25) is 5.02 Å². The molecule has 0 aromatic heterocycles. The van der Waals surface area contributed by atoms with Gasteiger partial charge in [-0.05, 0) is 18.2 Å². The van der Waals surface area contributed by atoms with Crippen LogP contribution >= 0.6 is 11.6 Å². The first-order chi connectivity index (χ1) is 10.5. The summed E-state index contributed by atoms with van der Waals surface area (Å²) in [6, 6.07) is 2.78. The van der Waals surface area contributed by atoms with Crippen LogP contribution in [-0.4, -0.2) is 24.9 Å². The molecule has 1 aromatic rings. The van der Waals surface area contributed by atoms with E-state index in [1.54, 1.807) is 13.8 Å². The van der Waals surface area contributed by atoms with Crippen molar-refractivity contribution < 1.29 is 22.8 Å². The molecule has 0 spiro atoms. The van der Waals surface area contributed by atoms with Crippen LogP contribution in [-0.2, 0) is 15.8 Å². The van der Waals surface area contributed by atoms with Crippen molar-refractivity contribution in [2.24, 2.45) is 5.92 Å². The third-order valence-electron chi connectivity index (χ3n) is 3.10. The minimum Gasteiger partial charge on any atom is -0.354 e. The third-order valence-corrected chi connectivity index (χ3v) is 3.42. The van der Waals surface area contributed by atoms with Gasteiger partial charge in [-0.15, -0.1) is 0 Å². The molecule has 0 aliphatic rings. The highest BCUT2D eigenvalue weighted by Gasteiger charge is 2.31. The number of rotatable bonds is 5. The Hall–Kier alpha value is -1.76. The number of hydrogen-bond acceptors (Lipinski definition) is 2. The largest absolute Gasteiger partial charge is 0.416 e. The second-order valence-corrected chi connectivity index (χ2v) is 5.69. The van der Waals surface area contributed by atoms with Crippen LogP contribution in [0.15, 0.2) is 18.2 Å². The van der Waals surface area contributed by atoms with E-state index in [-0.39, 0.29) is 35.6 Å². The predicted molar refractivity (Wildman–Crippen MR) is 82.3 cm³/mol. The fraction of sp³-hybridized carbons (Fsp3) is 0.467. The molecule has 128 valence electrons. The van der Waals surface area contributed by atoms with Gasteiger partial charge in [-0.3, -0.25) is 9.59 Å². The number of benzene rings is 1. The lowest BCUT2D eigenvalue weighted by atomic mass is 10.1. The van der Waals surface area contributed by atoms with Crippen molar-refractivity contribution in [3.8, 4) is 0 Å². The normalized spacial score (nSPS) is 11.5. The molecule has 4 nitrogen and oxygen atoms in total. The van der Waals surface area contributed by atoms with E-state index in [9.17, 15) is 22.8 Å². The minimum atomic E-state index is -4.53. The highest BCUT2D eigenvalue weighted by Crippen LogP contribution is 2.35. The number of nitrogens with one attached hydrogen (secondary N) is 1. The molecule has 1 rings (SSSR count). The Labute approximate surface area is 137 Å². The summed E-state index contributed by atoms with van der Waals surface area (Å²) in [6.07, 6.45) is -4.53. The number of carbonyl (C=O) groups excluding carboxylic acids is 2. The number of halogens is 4. The van der Waals surface area contributed by atoms with E-state index in [4.69, 9.17) is 11.6 Å². The van der Waals surface area contributed by atoms with Crippen molar-refractivity contribution in [3.05, 3.63) is 28.8 Å². The van der Waals surface area contributed by atoms with Crippen LogP contribution in [0.1, 0.15) is 26.3 Å². The monoisotopic (exact) mass is 350 g/mol. The molecule has 0 bridgehead atoms. The maximum Gasteiger partial charge on any atom is 0.416 e. The number of amides is 2. The van der Waals surface area contributed by atoms with Crippen molar-refractivity contribution in [3.63, 3.8) is 0 Å². The van der Waals surface area contributed by atoms with Crippen LogP contribution in [0.3, 0.4) is 0 Å². The summed E-state index contributed by atoms with van der Waals surface area (Å²) in [4.78, 5) is 24.3. The molecule has 0 unspecified atom stereocenters. The van der Waals surface area contributed by atoms with Gasteiger partial charge in [0.15, 0.2) is 0 Å². The van der Waals surface area contributed by atoms with E-state index < -0.39 is 17.6 Å². The third kappa shape index (κ3) is 5.42. The molecule has 1 aromatic carbocycles. The molecule has 8 heteroatoms. The van der Waals surface area contributed by atoms with Gasteiger partial charge in [-0.25, -0.2) is 0 Å². The van der Waals surface area contributed by atoms with Gasteiger partial charge in [0.25, 0.3) is 0 Å². The van der Waals surface area contributed by atoms with Crippen LogP contribution < -0.4 is 10.2 Å². The highest BCUT2D eigenvalue weighted by molar-refractivity contribution is 6.33. The van der Waals surface area contributed by atoms with E-state index in [0.29, 0.717) is 0 Å². The number of anilines is 1. The Morgan fingerprint density at radius 2 is 1.91 bits per heavy atom. The minimum absolute atomic E-state index is 0.0226. The Bertz CT molecular complexity index is 589. The zero-order valence-corrected chi connectivity index (χ0v) is 13.8. The van der Waals surface area contributed by atoms with Gasteiger partial charge in [-0.2, -0.15) is 13.2 Å². The number of carbonyl (C=O) groups is 2. The summed E-state index contributed by atoms with van der Waals surface area (Å²) in [7, 11) is 0. The summed E-state index contributed by atoms with van der Waals surface area (Å²) in [5, 5.41) is 2.63. The van der Waals surface area contributed by atoms with Crippen molar-refractivity contribution in [2.75, 3.05) is 18.0 Å². The fourth-order valence-electron chi connectivity index (χ4n) is 1.84. The molecular formula is C15H18ClF3N2O2. The fourth-order valence-corrected chi connectivity index (χ4v) is 2.06. The van der Waals surface area contributed by atoms with Gasteiger partial charge in [0.1, 0.15) is 0 Å². The Morgan fingerprint density at radius 1 is 1.30 bits per heavy atom. The standard InChI is InChI=1S/C15H18ClF3N2O2/c1-9(2)14(23)20-6-7-21(10(3)22)13-8-11(15(17,18)19)4-5-12(13)16/h4-5,8-9H,6-7H2,1-3H3,(H,20,23). The summed E-state index contributed by atoms with van der Waals surface area (Å²) in [6.45, 7) is 4.78. The number of alkyl halides is 3. The zero-order chi connectivity index (χ0) is 17.8. The summed E-state index contributed by atoms with van der Waals surface area (Å²) < 4.78 is 38.4. The summed E-state index contributed by atoms with van der Waals surface area (Å²) in [5.41, 5.74) is -0.929. The SMILES string of the molecule is CC(=O)N(CCNC(=O)C(C)C)c1cc(C(F)(F)F)ccc1Cl. The first kappa shape index (κ1) is 19.3. The van der Waals surface area contributed by atoms with Gasteiger partial charge in [0.2, 0.25) is 11.8 Å². The van der Waals surface area contributed by atoms with Gasteiger partial charge < -0.3 is 10.2 Å². The molecule has 0 aliphatic carbocycles. The molecule has 0 aliphatic heterocycles. The first-order valence-corrected chi connectivity index (χ1v) is 7.34. The zero-order valence-electron chi connectivity index (χ0n) is 13.0. The number of nitrogens with zero attached hydrogens (tertiary/aromatic N) is 1. The molecule has 0 saturated carbocycles. The lowest BCUT2D eigenvalue weighted by molar-refractivity contribution is -0.137. The summed E-state index contributed by atoms with van der Waals surface area (Å²) in [5.74, 6) is -0.897. The molecule has 2 amide bonds. The van der Waals surface area contributed by atoms with Gasteiger partial charge in [0.05, 0.1) is 16.3 Å². The molecular weight excluding hydrogens is 333 g/mol. The lowest BCUT2D eigenvalue weighted by Crippen LogP contribution is -2.39. The van der Waals surface area contributed by atoms with Crippen LogP contribution in [0.4, 0.5) is 18.9 Å². The smallest absolute Gasteiger partial charge is 0.354 e. The summed E-state index contributed by atoms with van der Waals surface area (Å²) >= 11 is 5.93. The van der Waals surface area contributed by atoms with Crippen LogP contribution in [0, 0.1) is 5.92 Å². The Balaban J connectivity index is 2.97. The van der Waals surface area contributed by atoms with E-state index >= 15 is 0 Å². The first-order valence-electron chi connectivity index (χ1n) is 6.96. The van der Waals surface area contributed by atoms with Crippen molar-refractivity contribution in [1.82, 2.24) is 5.32 Å². The van der Waals surface area contributed by atoms with E-state index in [0.717, 1.165) is 23.1 Å². The van der Waals surface area contributed by atoms with Gasteiger partial charge in [-0.1, -0.05) is 25.4 Å². The molecule has 1 N–H and O–H groups in total. The van der Waals surface area contributed by atoms with Crippen LogP contribution in [0.5, 0.6) is 0 Å². The van der Waals surface area contributed by atoms with E-state index in [1.807, 2.05) is 0 Å². The maximum atomic E-state index is 12.8. The molecule has 0 heterocycles. The van der Waals surface area contributed by atoms with Crippen LogP contribution in [0.25, 0.3) is 0 Å². The molecule has 0 radical (unpaired) electrons. The Morgan fingerprint density at radius 3 is 2.39 bits per heavy atom. The van der Waals surface area contributed by atoms with Crippen molar-refractivity contribution in [1.29, 1.82) is 0 Å².